The number of piperidine rings is 1. The lowest BCUT2D eigenvalue weighted by Gasteiger charge is -2.30. The molecule has 1 aliphatic heterocycles. The molecule has 5 heteroatoms. The van der Waals surface area contributed by atoms with Crippen LogP contribution in [-0.4, -0.2) is 30.7 Å². The Morgan fingerprint density at radius 1 is 1.00 bits per heavy atom. The van der Waals surface area contributed by atoms with Crippen molar-refractivity contribution < 1.29 is 4.84 Å². The van der Waals surface area contributed by atoms with Gasteiger partial charge in [-0.05, 0) is 68.9 Å². The van der Waals surface area contributed by atoms with Crippen LogP contribution in [0.4, 0.5) is 0 Å². The first kappa shape index (κ1) is 20.2. The molecule has 0 spiro atoms. The number of benzene rings is 2. The first-order chi connectivity index (χ1) is 13.2. The van der Waals surface area contributed by atoms with E-state index in [1.165, 1.54) is 18.5 Å². The minimum Gasteiger partial charge on any atom is -0.391 e. The Balaban J connectivity index is 1.32. The molecule has 0 radical (unpaired) electrons. The maximum Gasteiger partial charge on any atom is 0.145 e. The Morgan fingerprint density at radius 2 is 1.70 bits per heavy atom. The second-order valence-corrected chi connectivity index (χ2v) is 7.81. The van der Waals surface area contributed by atoms with Crippen molar-refractivity contribution in [1.29, 1.82) is 0 Å². The van der Waals surface area contributed by atoms with Gasteiger partial charge in [0, 0.05) is 21.8 Å². The quantitative estimate of drug-likeness (QED) is 0.407. The van der Waals surface area contributed by atoms with Gasteiger partial charge in [-0.25, -0.2) is 0 Å². The number of hydrogen-bond donors (Lipinski definition) is 0. The zero-order valence-electron chi connectivity index (χ0n) is 15.5. The van der Waals surface area contributed by atoms with Crippen molar-refractivity contribution in [2.24, 2.45) is 11.1 Å². The van der Waals surface area contributed by atoms with Crippen LogP contribution in [0.25, 0.3) is 0 Å². The number of aryl methyl sites for hydroxylation is 1. The number of oxime groups is 1. The normalized spacial score (nSPS) is 16.1. The number of hydrogen-bond acceptors (Lipinski definition) is 3. The van der Waals surface area contributed by atoms with Crippen LogP contribution in [0, 0.1) is 5.92 Å². The summed E-state index contributed by atoms with van der Waals surface area (Å²) in [4.78, 5) is 7.97. The molecule has 2 aromatic rings. The maximum absolute atomic E-state index is 6.13. The number of rotatable bonds is 8. The first-order valence-electron chi connectivity index (χ1n) is 9.57. The molecule has 1 fully saturated rings. The summed E-state index contributed by atoms with van der Waals surface area (Å²) in [5.41, 5.74) is 2.21. The summed E-state index contributed by atoms with van der Waals surface area (Å²) in [7, 11) is 0. The smallest absolute Gasteiger partial charge is 0.145 e. The topological polar surface area (TPSA) is 24.8 Å². The Morgan fingerprint density at radius 3 is 2.41 bits per heavy atom. The van der Waals surface area contributed by atoms with Gasteiger partial charge in [0.05, 0.1) is 0 Å². The van der Waals surface area contributed by atoms with Crippen LogP contribution in [0.2, 0.25) is 10.0 Å². The van der Waals surface area contributed by atoms with Gasteiger partial charge in [0.1, 0.15) is 6.61 Å². The summed E-state index contributed by atoms with van der Waals surface area (Å²) < 4.78 is 0. The number of nitrogens with zero attached hydrogens (tertiary/aromatic N) is 2. The lowest BCUT2D eigenvalue weighted by molar-refractivity contribution is 0.129. The van der Waals surface area contributed by atoms with Crippen LogP contribution in [0.15, 0.2) is 53.7 Å². The van der Waals surface area contributed by atoms with Crippen molar-refractivity contribution in [2.45, 2.75) is 32.3 Å². The summed E-state index contributed by atoms with van der Waals surface area (Å²) in [6.07, 6.45) is 6.56. The van der Waals surface area contributed by atoms with Gasteiger partial charge in [0.25, 0.3) is 0 Å². The predicted molar refractivity (Wildman–Crippen MR) is 114 cm³/mol. The van der Waals surface area contributed by atoms with Gasteiger partial charge < -0.3 is 9.74 Å². The fourth-order valence-electron chi connectivity index (χ4n) is 3.38. The number of likely N-dealkylation sites (tertiary alicyclic amines) is 1. The Bertz CT molecular complexity index is 708. The molecule has 0 amide bonds. The summed E-state index contributed by atoms with van der Waals surface area (Å²) in [5, 5.41) is 5.36. The van der Waals surface area contributed by atoms with Gasteiger partial charge in [-0.2, -0.15) is 0 Å². The minimum absolute atomic E-state index is 0.299. The molecule has 144 valence electrons. The molecule has 0 atom stereocenters. The van der Waals surface area contributed by atoms with E-state index in [9.17, 15) is 0 Å². The van der Waals surface area contributed by atoms with Gasteiger partial charge >= 0.3 is 0 Å². The summed E-state index contributed by atoms with van der Waals surface area (Å²) in [6.45, 7) is 3.72. The van der Waals surface area contributed by atoms with Crippen molar-refractivity contribution in [3.05, 3.63) is 69.7 Å². The monoisotopic (exact) mass is 404 g/mol. The van der Waals surface area contributed by atoms with E-state index in [1.54, 1.807) is 0 Å². The first-order valence-corrected chi connectivity index (χ1v) is 10.3. The third-order valence-corrected chi connectivity index (χ3v) is 5.74. The van der Waals surface area contributed by atoms with Crippen LogP contribution in [0.3, 0.4) is 0 Å². The van der Waals surface area contributed by atoms with Gasteiger partial charge in [-0.1, -0.05) is 64.8 Å². The van der Waals surface area contributed by atoms with E-state index in [4.69, 9.17) is 28.0 Å². The molecule has 0 saturated carbocycles. The molecule has 2 aromatic carbocycles. The lowest BCUT2D eigenvalue weighted by atomic mass is 9.98. The van der Waals surface area contributed by atoms with Crippen molar-refractivity contribution >= 4 is 29.4 Å². The van der Waals surface area contributed by atoms with Gasteiger partial charge in [0.2, 0.25) is 0 Å². The fraction of sp³-hybridized carbons (Fsp3) is 0.409. The van der Waals surface area contributed by atoms with E-state index in [0.717, 1.165) is 37.9 Å². The standard InChI is InChI=1S/C22H26Cl2N2O/c23-21-9-4-10-22(24)20(21)17-27-25-16-19-11-14-26(15-12-19)13-5-8-18-6-2-1-3-7-18/h1-4,6-7,9-10,16,19H,5,8,11-15,17H2/b25-16+. The molecule has 0 bridgehead atoms. The molecule has 3 nitrogen and oxygen atoms in total. The molecule has 0 aromatic heterocycles. The second kappa shape index (κ2) is 10.7. The Labute approximate surface area is 171 Å². The van der Waals surface area contributed by atoms with Gasteiger partial charge in [-0.3, -0.25) is 0 Å². The van der Waals surface area contributed by atoms with Gasteiger partial charge in [0.15, 0.2) is 0 Å². The van der Waals surface area contributed by atoms with Crippen molar-refractivity contribution in [1.82, 2.24) is 4.90 Å². The highest BCUT2D eigenvalue weighted by Gasteiger charge is 2.17. The largest absolute Gasteiger partial charge is 0.391 e. The average molecular weight is 405 g/mol. The third-order valence-electron chi connectivity index (χ3n) is 5.03. The molecule has 0 aliphatic carbocycles. The van der Waals surface area contributed by atoms with Crippen LogP contribution >= 0.6 is 23.2 Å². The van der Waals surface area contributed by atoms with Crippen molar-refractivity contribution in [3.63, 3.8) is 0 Å². The van der Waals surface area contributed by atoms with Crippen LogP contribution in [0.5, 0.6) is 0 Å². The van der Waals surface area contributed by atoms with E-state index in [-0.39, 0.29) is 0 Å². The highest BCUT2D eigenvalue weighted by Crippen LogP contribution is 2.25. The van der Waals surface area contributed by atoms with E-state index in [2.05, 4.69) is 40.4 Å². The average Bonchev–Trinajstić information content (AvgIpc) is 2.69. The van der Waals surface area contributed by atoms with Crippen LogP contribution in [0.1, 0.15) is 30.4 Å². The van der Waals surface area contributed by atoms with E-state index >= 15 is 0 Å². The Hall–Kier alpha value is -1.55. The second-order valence-electron chi connectivity index (χ2n) is 7.00. The molecule has 1 heterocycles. The predicted octanol–water partition coefficient (Wildman–Crippen LogP) is 5.84. The zero-order chi connectivity index (χ0) is 18.9. The molecular formula is C22H26Cl2N2O. The summed E-state index contributed by atoms with van der Waals surface area (Å²) >= 11 is 12.3. The van der Waals surface area contributed by atoms with Crippen LogP contribution < -0.4 is 0 Å². The highest BCUT2D eigenvalue weighted by molar-refractivity contribution is 6.35. The van der Waals surface area contributed by atoms with E-state index in [0.29, 0.717) is 22.6 Å². The van der Waals surface area contributed by atoms with E-state index in [1.807, 2.05) is 24.4 Å². The molecule has 1 saturated heterocycles. The maximum atomic E-state index is 6.13. The molecule has 1 aliphatic rings. The highest BCUT2D eigenvalue weighted by atomic mass is 35.5. The Kier molecular flexibility index (Phi) is 8.00. The van der Waals surface area contributed by atoms with Crippen molar-refractivity contribution in [3.8, 4) is 0 Å². The van der Waals surface area contributed by atoms with Gasteiger partial charge in [-0.15, -0.1) is 0 Å². The fourth-order valence-corrected chi connectivity index (χ4v) is 3.88. The lowest BCUT2D eigenvalue weighted by Crippen LogP contribution is -2.35. The summed E-state index contributed by atoms with van der Waals surface area (Å²) in [5.74, 6) is 0.483. The van der Waals surface area contributed by atoms with Crippen molar-refractivity contribution in [2.75, 3.05) is 19.6 Å². The minimum atomic E-state index is 0.299. The SMILES string of the molecule is Clc1cccc(Cl)c1CO/N=C/C1CCN(CCCc2ccccc2)CC1. The van der Waals surface area contributed by atoms with E-state index < -0.39 is 0 Å². The molecule has 27 heavy (non-hydrogen) atoms. The summed E-state index contributed by atoms with van der Waals surface area (Å²) in [6, 6.07) is 16.2. The molecular weight excluding hydrogens is 379 g/mol. The number of halogens is 2. The molecule has 0 N–H and O–H groups in total. The molecule has 0 unspecified atom stereocenters. The van der Waals surface area contributed by atoms with Crippen LogP contribution in [-0.2, 0) is 17.9 Å². The zero-order valence-corrected chi connectivity index (χ0v) is 17.0. The molecule has 3 rings (SSSR count). The third kappa shape index (κ3) is 6.53.